The van der Waals surface area contributed by atoms with Crippen molar-refractivity contribution in [2.24, 2.45) is 92.7 Å². The number of carbonyl (C=O) groups excluding carboxylic acids is 2. The number of fused-ring (bicyclic) bond motifs is 10. The van der Waals surface area contributed by atoms with Crippen LogP contribution in [0.1, 0.15) is 184 Å². The van der Waals surface area contributed by atoms with Crippen LogP contribution in [0.15, 0.2) is 0 Å². The van der Waals surface area contributed by atoms with E-state index in [9.17, 15) is 29.4 Å². The minimum atomic E-state index is -0.969. The highest BCUT2D eigenvalue weighted by atomic mass is 17.4. The Morgan fingerprint density at radius 3 is 1.27 bits per heavy atom. The highest BCUT2D eigenvalue weighted by Crippen LogP contribution is 2.72. The molecular weight excluding hydrogens is 817 g/mol. The lowest BCUT2D eigenvalue weighted by Gasteiger charge is -2.64. The summed E-state index contributed by atoms with van der Waals surface area (Å²) in [5, 5.41) is 19.0. The van der Waals surface area contributed by atoms with Crippen molar-refractivity contribution in [2.75, 3.05) is 0 Å². The molecule has 0 amide bonds. The second kappa shape index (κ2) is 16.7. The van der Waals surface area contributed by atoms with E-state index < -0.39 is 23.5 Å². The molecule has 0 aromatic rings. The van der Waals surface area contributed by atoms with Gasteiger partial charge in [0.05, 0.1) is 0 Å². The van der Waals surface area contributed by atoms with E-state index in [-0.39, 0.29) is 70.5 Å². The maximum Gasteiger partial charge on any atom is 0.303 e. The first kappa shape index (κ1) is 46.8. The van der Waals surface area contributed by atoms with Gasteiger partial charge < -0.3 is 19.7 Å². The molecule has 8 aliphatic carbocycles. The summed E-state index contributed by atoms with van der Waals surface area (Å²) < 4.78 is 12.7. The van der Waals surface area contributed by atoms with Crippen molar-refractivity contribution in [3.8, 4) is 0 Å². The summed E-state index contributed by atoms with van der Waals surface area (Å²) in [5.41, 5.74) is -0.307. The number of ether oxygens (including phenoxy) is 2. The van der Waals surface area contributed by atoms with Crippen molar-refractivity contribution in [3.63, 3.8) is 0 Å². The monoisotopic (exact) mass is 897 g/mol. The van der Waals surface area contributed by atoms with Crippen LogP contribution in [0.5, 0.6) is 0 Å². The molecule has 1 aliphatic heterocycles. The summed E-state index contributed by atoms with van der Waals surface area (Å²) in [7, 11) is 0. The fraction of sp³-hybridized carbons (Fsp3) is 0.923. The van der Waals surface area contributed by atoms with Crippen molar-refractivity contribution in [1.29, 1.82) is 0 Å². The van der Waals surface area contributed by atoms with Gasteiger partial charge in [0.2, 0.25) is 11.6 Å². The van der Waals surface area contributed by atoms with Crippen LogP contribution < -0.4 is 0 Å². The van der Waals surface area contributed by atoms with Crippen molar-refractivity contribution in [2.45, 2.75) is 208 Å². The molecule has 12 nitrogen and oxygen atoms in total. The molecule has 0 aromatic carbocycles. The summed E-state index contributed by atoms with van der Waals surface area (Å²) in [5.74, 6) is 0.632. The smallest absolute Gasteiger partial charge is 0.303 e. The molecule has 8 saturated carbocycles. The lowest BCUT2D eigenvalue weighted by atomic mass is 9.43. The lowest BCUT2D eigenvalue weighted by Crippen LogP contribution is -2.63. The predicted molar refractivity (Wildman–Crippen MR) is 234 cm³/mol. The molecule has 360 valence electrons. The van der Waals surface area contributed by atoms with Gasteiger partial charge in [0.25, 0.3) is 0 Å². The van der Waals surface area contributed by atoms with Gasteiger partial charge in [-0.3, -0.25) is 19.2 Å². The van der Waals surface area contributed by atoms with Crippen molar-refractivity contribution >= 4 is 23.9 Å². The molecule has 0 aromatic heterocycles. The zero-order chi connectivity index (χ0) is 45.8. The van der Waals surface area contributed by atoms with E-state index in [0.717, 1.165) is 77.0 Å². The topological polar surface area (TPSA) is 164 Å². The van der Waals surface area contributed by atoms with E-state index in [1.807, 2.05) is 0 Å². The Hall–Kier alpha value is -2.28. The average molecular weight is 897 g/mol. The number of carboxylic acids is 2. The number of hydrogen-bond donors (Lipinski definition) is 2. The number of aliphatic carboxylic acids is 2. The Labute approximate surface area is 381 Å². The fourth-order valence-corrected chi connectivity index (χ4v) is 18.7. The molecule has 9 fully saturated rings. The molecule has 2 N–H and O–H groups in total. The van der Waals surface area contributed by atoms with Gasteiger partial charge in [-0.2, -0.15) is 19.6 Å². The Morgan fingerprint density at radius 2 is 0.922 bits per heavy atom. The number of esters is 2. The maximum atomic E-state index is 12.7. The first-order valence-electron chi connectivity index (χ1n) is 25.7. The van der Waals surface area contributed by atoms with Crippen molar-refractivity contribution in [3.05, 3.63) is 0 Å². The average Bonchev–Trinajstić information content (AvgIpc) is 3.79. The van der Waals surface area contributed by atoms with Crippen LogP contribution >= 0.6 is 0 Å². The SMILES string of the molecule is CC(=O)O[C@H]1C[C@H]2[C@@H](CC[C@@H]3CC4(CC[C@@]32C)OOC2(CC[C@@]3(C)[C@H](CC[C@@H]5[C@@H]3C[C@H](OC(C)=O)[C@]3(C)[C@@H]([C@H](C)CCC(=O)O)CC[C@@H]53)C2)OO4)[C@@H]2CC[C@H]([C@H](C)CCC(=O)O)[C@@]12C. The highest BCUT2D eigenvalue weighted by Gasteiger charge is 2.69. The molecule has 12 heteroatoms. The Kier molecular flexibility index (Phi) is 12.2. The van der Waals surface area contributed by atoms with Gasteiger partial charge in [-0.25, -0.2) is 0 Å². The summed E-state index contributed by atoms with van der Waals surface area (Å²) in [6.45, 7) is 17.1. The molecule has 9 aliphatic rings. The fourth-order valence-electron chi connectivity index (χ4n) is 18.7. The van der Waals surface area contributed by atoms with Crippen molar-refractivity contribution < 1.29 is 58.4 Å². The van der Waals surface area contributed by atoms with Crippen LogP contribution in [-0.2, 0) is 48.2 Å². The second-order valence-electron chi connectivity index (χ2n) is 24.5. The van der Waals surface area contributed by atoms with E-state index in [4.69, 9.17) is 29.0 Å². The predicted octanol–water partition coefficient (Wildman–Crippen LogP) is 10.7. The van der Waals surface area contributed by atoms with Crippen LogP contribution in [-0.4, -0.2) is 57.9 Å². The number of carboxylic acid groups (broad SMARTS) is 2. The zero-order valence-corrected chi connectivity index (χ0v) is 40.2. The molecule has 1 heterocycles. The van der Waals surface area contributed by atoms with Crippen LogP contribution in [0.3, 0.4) is 0 Å². The lowest BCUT2D eigenvalue weighted by molar-refractivity contribution is -0.667. The molecule has 0 radical (unpaired) electrons. The molecule has 9 rings (SSSR count). The van der Waals surface area contributed by atoms with Crippen LogP contribution in [0, 0.1) is 92.7 Å². The third-order valence-electron chi connectivity index (χ3n) is 21.9. The minimum Gasteiger partial charge on any atom is -0.481 e. The van der Waals surface area contributed by atoms with Gasteiger partial charge in [-0.15, -0.1) is 0 Å². The zero-order valence-electron chi connectivity index (χ0n) is 40.2. The van der Waals surface area contributed by atoms with Crippen LogP contribution in [0.25, 0.3) is 0 Å². The van der Waals surface area contributed by atoms with Gasteiger partial charge in [-0.05, 0) is 172 Å². The summed E-state index contributed by atoms with van der Waals surface area (Å²) in [6, 6.07) is 0. The molecule has 64 heavy (non-hydrogen) atoms. The van der Waals surface area contributed by atoms with Gasteiger partial charge in [0.15, 0.2) is 0 Å². The summed E-state index contributed by atoms with van der Waals surface area (Å²) in [6.07, 6.45) is 16.1. The van der Waals surface area contributed by atoms with Crippen LogP contribution in [0.2, 0.25) is 0 Å². The van der Waals surface area contributed by atoms with E-state index in [1.165, 1.54) is 13.8 Å². The van der Waals surface area contributed by atoms with Gasteiger partial charge in [0, 0.05) is 63.2 Å². The maximum absolute atomic E-state index is 12.7. The normalized spacial score (nSPS) is 50.1. The highest BCUT2D eigenvalue weighted by molar-refractivity contribution is 5.67. The summed E-state index contributed by atoms with van der Waals surface area (Å²) >= 11 is 0. The second-order valence-corrected chi connectivity index (χ2v) is 24.5. The molecule has 2 spiro atoms. The van der Waals surface area contributed by atoms with E-state index in [2.05, 4.69) is 41.5 Å². The van der Waals surface area contributed by atoms with E-state index >= 15 is 0 Å². The van der Waals surface area contributed by atoms with E-state index in [1.54, 1.807) is 0 Å². The Morgan fingerprint density at radius 1 is 0.547 bits per heavy atom. The third kappa shape index (κ3) is 7.50. The standard InChI is InChI=1S/C52H80O12/c1-29(9-19-45(55)56)37-15-17-39-35-13-11-33-27-51(23-21-47(33,5)41(35)25-43(49(37,39)7)59-31(3)53)61-63-52(64-62-51)24-22-48(6)34(28-52)12-14-36-40-18-16-38(30(2)10-20-46(57)58)50(40,8)44(26-42(36)48)60-32(4)54/h29-30,33-44H,9-28H2,1-8H3,(H,55,56)(H,57,58)/t29-,30-,33-,34-,35+,36+,37-,38-,39+,40+,41+,42+,43+,44+,47+,48+,49-,50-,51?,52?/m1/s1. The molecular formula is C52H80O12. The molecule has 0 unspecified atom stereocenters. The van der Waals surface area contributed by atoms with Crippen LogP contribution in [0.4, 0.5) is 0 Å². The Bertz CT molecular complexity index is 1680. The number of hydrogen-bond acceptors (Lipinski definition) is 10. The van der Waals surface area contributed by atoms with E-state index in [0.29, 0.717) is 97.7 Å². The largest absolute Gasteiger partial charge is 0.481 e. The number of rotatable bonds is 10. The van der Waals surface area contributed by atoms with Gasteiger partial charge in [0.1, 0.15) is 12.2 Å². The summed E-state index contributed by atoms with van der Waals surface area (Å²) in [4.78, 5) is 74.7. The number of carbonyl (C=O) groups is 4. The molecule has 18 atom stereocenters. The third-order valence-corrected chi connectivity index (χ3v) is 21.9. The van der Waals surface area contributed by atoms with Gasteiger partial charge in [-0.1, -0.05) is 41.5 Å². The molecule has 1 saturated heterocycles. The first-order valence-corrected chi connectivity index (χ1v) is 25.7. The molecule has 0 bridgehead atoms. The first-order chi connectivity index (χ1) is 30.2. The Balaban J connectivity index is 0.861. The van der Waals surface area contributed by atoms with Gasteiger partial charge >= 0.3 is 23.9 Å². The van der Waals surface area contributed by atoms with Crippen molar-refractivity contribution in [1.82, 2.24) is 0 Å². The minimum absolute atomic E-state index is 0.0178. The quantitative estimate of drug-likeness (QED) is 0.158.